The van der Waals surface area contributed by atoms with Crippen LogP contribution in [0.1, 0.15) is 21.7 Å². The summed E-state index contributed by atoms with van der Waals surface area (Å²) in [5, 5.41) is 3.58. The third-order valence-corrected chi connectivity index (χ3v) is 5.12. The summed E-state index contributed by atoms with van der Waals surface area (Å²) >= 11 is 5.89. The molecule has 4 rings (SSSR count). The number of hydrogen-bond acceptors (Lipinski definition) is 2. The number of aromatic nitrogens is 2. The zero-order valence-corrected chi connectivity index (χ0v) is 17.2. The predicted octanol–water partition coefficient (Wildman–Crippen LogP) is 5.38. The van der Waals surface area contributed by atoms with Crippen molar-refractivity contribution in [3.8, 4) is 0 Å². The summed E-state index contributed by atoms with van der Waals surface area (Å²) in [6.07, 6.45) is 4.90. The van der Waals surface area contributed by atoms with E-state index in [0.29, 0.717) is 23.6 Å². The molecule has 1 aromatic heterocycles. The average molecular weight is 416 g/mol. The molecule has 0 aliphatic carbocycles. The van der Waals surface area contributed by atoms with Crippen molar-refractivity contribution in [2.45, 2.75) is 13.0 Å². The number of nitrogens with zero attached hydrogens (tertiary/aromatic N) is 2. The van der Waals surface area contributed by atoms with Gasteiger partial charge in [0.15, 0.2) is 0 Å². The Hall–Kier alpha value is -3.37. The van der Waals surface area contributed by atoms with Crippen molar-refractivity contribution >= 4 is 34.6 Å². The number of carbonyl (C=O) groups is 1. The van der Waals surface area contributed by atoms with Gasteiger partial charge in [0, 0.05) is 30.1 Å². The van der Waals surface area contributed by atoms with Crippen LogP contribution in [0.15, 0.2) is 84.9 Å². The average Bonchev–Trinajstić information content (AvgIpc) is 3.12. The summed E-state index contributed by atoms with van der Waals surface area (Å²) in [6, 6.07) is 25.2. The van der Waals surface area contributed by atoms with Gasteiger partial charge in [-0.3, -0.25) is 4.79 Å². The summed E-state index contributed by atoms with van der Waals surface area (Å²) < 4.78 is 2.20. The molecule has 0 radical (unpaired) electrons. The van der Waals surface area contributed by atoms with Crippen molar-refractivity contribution in [1.82, 2.24) is 14.9 Å². The molecule has 150 valence electrons. The fraction of sp³-hybridized carbons (Fsp3) is 0.120. The first-order valence-electron chi connectivity index (χ1n) is 9.90. The number of carbonyl (C=O) groups excluding carboxylic acids is 1. The van der Waals surface area contributed by atoms with E-state index in [1.807, 2.05) is 36.4 Å². The Balaban J connectivity index is 1.46. The lowest BCUT2D eigenvalue weighted by Crippen LogP contribution is -2.26. The number of allylic oxidation sites excluding steroid dienone is 1. The maximum Gasteiger partial charge on any atom is 0.251 e. The number of imidazole rings is 1. The van der Waals surface area contributed by atoms with Crippen LogP contribution in [0.25, 0.3) is 17.1 Å². The molecule has 0 aliphatic heterocycles. The second kappa shape index (κ2) is 9.42. The first kappa shape index (κ1) is 19.9. The van der Waals surface area contributed by atoms with Gasteiger partial charge < -0.3 is 9.88 Å². The zero-order valence-electron chi connectivity index (χ0n) is 16.5. The second-order valence-electron chi connectivity index (χ2n) is 6.95. The van der Waals surface area contributed by atoms with E-state index < -0.39 is 0 Å². The normalized spacial score (nSPS) is 11.2. The number of benzene rings is 3. The van der Waals surface area contributed by atoms with Crippen LogP contribution < -0.4 is 5.32 Å². The highest BCUT2D eigenvalue weighted by Crippen LogP contribution is 2.17. The summed E-state index contributed by atoms with van der Waals surface area (Å²) in [7, 11) is 0. The van der Waals surface area contributed by atoms with Crippen molar-refractivity contribution in [2.75, 3.05) is 6.54 Å². The van der Waals surface area contributed by atoms with Gasteiger partial charge in [0.05, 0.1) is 11.0 Å². The Morgan fingerprint density at radius 2 is 1.70 bits per heavy atom. The molecule has 0 fully saturated rings. The standard InChI is InChI=1S/C25H22ClN3O/c26-21-14-12-20(13-15-21)25(30)27-17-16-24-28-22-10-4-5-11-23(22)29(24)18-6-9-19-7-2-1-3-8-19/h1-15H,16-18H2,(H,27,30)/b9-6+. The number of rotatable bonds is 7. The molecule has 0 unspecified atom stereocenters. The summed E-state index contributed by atoms with van der Waals surface area (Å²) in [5.41, 5.74) is 3.82. The van der Waals surface area contributed by atoms with E-state index in [9.17, 15) is 4.79 Å². The summed E-state index contributed by atoms with van der Waals surface area (Å²) in [6.45, 7) is 1.23. The van der Waals surface area contributed by atoms with Gasteiger partial charge in [0.25, 0.3) is 5.91 Å². The molecule has 4 nitrogen and oxygen atoms in total. The van der Waals surface area contributed by atoms with Crippen LogP contribution in [-0.2, 0) is 13.0 Å². The van der Waals surface area contributed by atoms with Gasteiger partial charge in [0.1, 0.15) is 5.82 Å². The van der Waals surface area contributed by atoms with E-state index in [1.165, 1.54) is 5.56 Å². The van der Waals surface area contributed by atoms with Gasteiger partial charge in [-0.2, -0.15) is 0 Å². The topological polar surface area (TPSA) is 46.9 Å². The molecule has 3 aromatic carbocycles. The minimum absolute atomic E-state index is 0.113. The summed E-state index contributed by atoms with van der Waals surface area (Å²) in [5.74, 6) is 0.837. The first-order valence-corrected chi connectivity index (χ1v) is 10.3. The number of fused-ring (bicyclic) bond motifs is 1. The van der Waals surface area contributed by atoms with Crippen LogP contribution in [0.3, 0.4) is 0 Å². The van der Waals surface area contributed by atoms with Crippen molar-refractivity contribution in [3.05, 3.63) is 107 Å². The highest BCUT2D eigenvalue weighted by Gasteiger charge is 2.10. The van der Waals surface area contributed by atoms with Crippen molar-refractivity contribution in [1.29, 1.82) is 0 Å². The van der Waals surface area contributed by atoms with Gasteiger partial charge in [0.2, 0.25) is 0 Å². The quantitative estimate of drug-likeness (QED) is 0.440. The predicted molar refractivity (Wildman–Crippen MR) is 123 cm³/mol. The van der Waals surface area contributed by atoms with Crippen molar-refractivity contribution in [3.63, 3.8) is 0 Å². The van der Waals surface area contributed by atoms with Crippen LogP contribution in [0.2, 0.25) is 5.02 Å². The van der Waals surface area contributed by atoms with E-state index >= 15 is 0 Å². The lowest BCUT2D eigenvalue weighted by molar-refractivity contribution is 0.0954. The largest absolute Gasteiger partial charge is 0.352 e. The monoisotopic (exact) mass is 415 g/mol. The van der Waals surface area contributed by atoms with Crippen molar-refractivity contribution in [2.24, 2.45) is 0 Å². The Morgan fingerprint density at radius 1 is 0.967 bits per heavy atom. The second-order valence-corrected chi connectivity index (χ2v) is 7.39. The molecule has 0 saturated carbocycles. The third-order valence-electron chi connectivity index (χ3n) is 4.87. The van der Waals surface area contributed by atoms with E-state index in [-0.39, 0.29) is 5.91 Å². The van der Waals surface area contributed by atoms with E-state index in [1.54, 1.807) is 24.3 Å². The lowest BCUT2D eigenvalue weighted by atomic mass is 10.2. The Morgan fingerprint density at radius 3 is 2.50 bits per heavy atom. The van der Waals surface area contributed by atoms with Crippen LogP contribution >= 0.6 is 11.6 Å². The number of hydrogen-bond donors (Lipinski definition) is 1. The molecule has 0 bridgehead atoms. The molecule has 4 aromatic rings. The van der Waals surface area contributed by atoms with E-state index in [2.05, 4.69) is 40.2 Å². The van der Waals surface area contributed by atoms with Crippen LogP contribution in [0.5, 0.6) is 0 Å². The van der Waals surface area contributed by atoms with Crippen LogP contribution in [0.4, 0.5) is 0 Å². The molecule has 0 spiro atoms. The maximum atomic E-state index is 12.3. The Bertz CT molecular complexity index is 1160. The Labute approximate surface area is 180 Å². The fourth-order valence-electron chi connectivity index (χ4n) is 3.37. The highest BCUT2D eigenvalue weighted by atomic mass is 35.5. The Kier molecular flexibility index (Phi) is 6.26. The maximum absolute atomic E-state index is 12.3. The fourth-order valence-corrected chi connectivity index (χ4v) is 3.50. The van der Waals surface area contributed by atoms with Crippen molar-refractivity contribution < 1.29 is 4.79 Å². The lowest BCUT2D eigenvalue weighted by Gasteiger charge is -2.08. The first-order chi connectivity index (χ1) is 14.7. The highest BCUT2D eigenvalue weighted by molar-refractivity contribution is 6.30. The number of para-hydroxylation sites is 2. The van der Waals surface area contributed by atoms with Gasteiger partial charge in [-0.05, 0) is 42.0 Å². The van der Waals surface area contributed by atoms with E-state index in [4.69, 9.17) is 16.6 Å². The van der Waals surface area contributed by atoms with E-state index in [0.717, 1.165) is 23.4 Å². The molecule has 30 heavy (non-hydrogen) atoms. The van der Waals surface area contributed by atoms with Gasteiger partial charge in [-0.25, -0.2) is 4.98 Å². The molecule has 1 N–H and O–H groups in total. The minimum atomic E-state index is -0.113. The van der Waals surface area contributed by atoms with Gasteiger partial charge >= 0.3 is 0 Å². The zero-order chi connectivity index (χ0) is 20.8. The summed E-state index contributed by atoms with van der Waals surface area (Å²) in [4.78, 5) is 17.1. The molecule has 1 heterocycles. The smallest absolute Gasteiger partial charge is 0.251 e. The molecule has 5 heteroatoms. The SMILES string of the molecule is O=C(NCCc1nc2ccccc2n1C/C=C/c1ccccc1)c1ccc(Cl)cc1. The molecular formula is C25H22ClN3O. The minimum Gasteiger partial charge on any atom is -0.352 e. The van der Waals surface area contributed by atoms with Crippen LogP contribution in [-0.4, -0.2) is 22.0 Å². The number of amides is 1. The number of nitrogens with one attached hydrogen (secondary N) is 1. The van der Waals surface area contributed by atoms with Crippen LogP contribution in [0, 0.1) is 0 Å². The number of halogens is 1. The molecule has 0 atom stereocenters. The molecule has 0 saturated heterocycles. The molecule has 0 aliphatic rings. The molecular weight excluding hydrogens is 394 g/mol. The van der Waals surface area contributed by atoms with Gasteiger partial charge in [-0.1, -0.05) is 66.2 Å². The van der Waals surface area contributed by atoms with Gasteiger partial charge in [-0.15, -0.1) is 0 Å². The third kappa shape index (κ3) is 4.78. The molecule has 1 amide bonds.